The second kappa shape index (κ2) is 14.1. The molecule has 0 bridgehead atoms. The van der Waals surface area contributed by atoms with E-state index in [1.54, 1.807) is 19.0 Å². The normalized spacial score (nSPS) is 26.1. The van der Waals surface area contributed by atoms with Crippen LogP contribution in [0.15, 0.2) is 23.1 Å². The topological polar surface area (TPSA) is 81.2 Å². The van der Waals surface area contributed by atoms with Crippen LogP contribution in [-0.4, -0.2) is 83.1 Å². The fourth-order valence-corrected chi connectivity index (χ4v) is 11.5. The minimum Gasteiger partial charge on any atom is -0.378 e. The van der Waals surface area contributed by atoms with Gasteiger partial charge in [-0.3, -0.25) is 0 Å². The van der Waals surface area contributed by atoms with Gasteiger partial charge in [-0.25, -0.2) is 8.42 Å². The molecule has 4 aliphatic rings. The largest absolute Gasteiger partial charge is 0.378 e. The molecule has 0 radical (unpaired) electrons. The van der Waals surface area contributed by atoms with Crippen LogP contribution >= 0.6 is 0 Å². The van der Waals surface area contributed by atoms with Crippen LogP contribution in [0.1, 0.15) is 102 Å². The third-order valence-electron chi connectivity index (χ3n) is 10.7. The van der Waals surface area contributed by atoms with E-state index in [1.807, 2.05) is 38.1 Å². The minimum atomic E-state index is -3.74. The van der Waals surface area contributed by atoms with E-state index in [9.17, 15) is 16.8 Å². The summed E-state index contributed by atoms with van der Waals surface area (Å²) < 4.78 is 61.9. The molecule has 0 amide bonds. The second-order valence-corrected chi connectivity index (χ2v) is 18.2. The molecule has 10 heteroatoms. The Morgan fingerprint density at radius 3 is 1.84 bits per heavy atom. The molecule has 1 unspecified atom stereocenters. The smallest absolute Gasteiger partial charge is 0.281 e. The molecule has 4 fully saturated rings. The summed E-state index contributed by atoms with van der Waals surface area (Å²) >= 11 is 0. The lowest BCUT2D eigenvalue weighted by Crippen LogP contribution is -2.50. The van der Waals surface area contributed by atoms with Gasteiger partial charge in [0.2, 0.25) is 10.0 Å². The van der Waals surface area contributed by atoms with Crippen molar-refractivity contribution in [2.75, 3.05) is 58.3 Å². The number of aryl methyl sites for hydroxylation is 1. The number of hydrogen-bond acceptors (Lipinski definition) is 5. The summed E-state index contributed by atoms with van der Waals surface area (Å²) in [5.41, 5.74) is 1.42. The summed E-state index contributed by atoms with van der Waals surface area (Å²) in [6, 6.07) is 5.59. The predicted molar refractivity (Wildman–Crippen MR) is 175 cm³/mol. The van der Waals surface area contributed by atoms with Gasteiger partial charge >= 0.3 is 0 Å². The quantitative estimate of drug-likeness (QED) is 0.366. The van der Waals surface area contributed by atoms with Gasteiger partial charge in [0, 0.05) is 59.1 Å². The Bertz CT molecular complexity index is 1280. The molecule has 1 atom stereocenters. The van der Waals surface area contributed by atoms with Crippen LogP contribution in [0, 0.1) is 24.2 Å². The summed E-state index contributed by atoms with van der Waals surface area (Å²) in [5, 5.41) is 0. The monoisotopic (exact) mass is 636 g/mol. The summed E-state index contributed by atoms with van der Waals surface area (Å²) in [7, 11) is -3.39. The summed E-state index contributed by atoms with van der Waals surface area (Å²) in [6.07, 6.45) is 16.2. The molecule has 5 rings (SSSR count). The molecule has 2 aliphatic heterocycles. The first kappa shape index (κ1) is 33.2. The Morgan fingerprint density at radius 1 is 0.721 bits per heavy atom. The van der Waals surface area contributed by atoms with E-state index in [4.69, 9.17) is 0 Å². The molecule has 2 heterocycles. The molecule has 2 saturated carbocycles. The molecule has 244 valence electrons. The molecule has 1 aromatic rings. The molecule has 2 aliphatic carbocycles. The summed E-state index contributed by atoms with van der Waals surface area (Å²) in [5.74, 6) is 1.27. The predicted octanol–water partition coefficient (Wildman–Crippen LogP) is 6.03. The van der Waals surface area contributed by atoms with E-state index in [0.717, 1.165) is 75.0 Å². The highest BCUT2D eigenvalue weighted by molar-refractivity contribution is 7.89. The zero-order chi connectivity index (χ0) is 30.7. The highest BCUT2D eigenvalue weighted by Crippen LogP contribution is 2.49. The molecule has 2 saturated heterocycles. The van der Waals surface area contributed by atoms with Gasteiger partial charge in [-0.2, -0.15) is 21.3 Å². The van der Waals surface area contributed by atoms with Crippen LogP contribution in [0.5, 0.6) is 0 Å². The average Bonchev–Trinajstić information content (AvgIpc) is 3.75. The maximum atomic E-state index is 14.3. The van der Waals surface area contributed by atoms with Gasteiger partial charge in [0.25, 0.3) is 10.2 Å². The summed E-state index contributed by atoms with van der Waals surface area (Å²) in [6.45, 7) is 4.93. The van der Waals surface area contributed by atoms with Crippen molar-refractivity contribution in [3.8, 4) is 0 Å². The van der Waals surface area contributed by atoms with Crippen LogP contribution in [-0.2, 0) is 20.2 Å². The van der Waals surface area contributed by atoms with Crippen LogP contribution in [0.2, 0.25) is 0 Å². The van der Waals surface area contributed by atoms with E-state index in [-0.39, 0.29) is 5.41 Å². The third-order valence-corrected chi connectivity index (χ3v) is 14.7. The van der Waals surface area contributed by atoms with Gasteiger partial charge in [-0.1, -0.05) is 38.5 Å². The lowest BCUT2D eigenvalue weighted by Gasteiger charge is -2.36. The lowest BCUT2D eigenvalue weighted by molar-refractivity contribution is 0.216. The van der Waals surface area contributed by atoms with Gasteiger partial charge in [0.15, 0.2) is 0 Å². The average molecular weight is 637 g/mol. The first-order valence-electron chi connectivity index (χ1n) is 17.0. The second-order valence-electron chi connectivity index (χ2n) is 14.4. The van der Waals surface area contributed by atoms with Crippen molar-refractivity contribution < 1.29 is 16.8 Å². The van der Waals surface area contributed by atoms with Crippen molar-refractivity contribution in [1.29, 1.82) is 0 Å². The van der Waals surface area contributed by atoms with Crippen molar-refractivity contribution in [1.82, 2.24) is 12.9 Å². The highest BCUT2D eigenvalue weighted by Gasteiger charge is 2.49. The van der Waals surface area contributed by atoms with Crippen molar-refractivity contribution in [3.63, 3.8) is 0 Å². The maximum Gasteiger partial charge on any atom is 0.281 e. The number of anilines is 1. The standard InChI is InChI=1S/C33H56N4O4S2/c1-28-24-31(34(2)3)16-17-32(28)42(38,39)36-22-10-14-30(25-29-12-6-4-7-13-29)15-11-23-37(27-33(26-36)18-19-33)43(40,41)35-20-8-5-9-21-35/h16-17,24,29-30H,4-15,18-23,25-27H2,1-3H3. The van der Waals surface area contributed by atoms with E-state index >= 15 is 0 Å². The van der Waals surface area contributed by atoms with Gasteiger partial charge in [0.1, 0.15) is 0 Å². The van der Waals surface area contributed by atoms with E-state index < -0.39 is 20.2 Å². The number of rotatable bonds is 7. The summed E-state index contributed by atoms with van der Waals surface area (Å²) in [4.78, 5) is 2.36. The Morgan fingerprint density at radius 2 is 1.26 bits per heavy atom. The lowest BCUT2D eigenvalue weighted by atomic mass is 9.80. The van der Waals surface area contributed by atoms with Gasteiger partial charge in [-0.05, 0) is 106 Å². The molecule has 1 aromatic carbocycles. The Kier molecular flexibility index (Phi) is 10.8. The molecule has 1 spiro atoms. The van der Waals surface area contributed by atoms with Gasteiger partial charge in [-0.15, -0.1) is 0 Å². The molecular formula is C33H56N4O4S2. The fourth-order valence-electron chi connectivity index (χ4n) is 7.84. The van der Waals surface area contributed by atoms with E-state index in [1.165, 1.54) is 38.5 Å². The van der Waals surface area contributed by atoms with Gasteiger partial charge in [0.05, 0.1) is 4.90 Å². The Balaban J connectivity index is 1.42. The van der Waals surface area contributed by atoms with Crippen LogP contribution in [0.3, 0.4) is 0 Å². The number of benzene rings is 1. The third kappa shape index (κ3) is 8.15. The number of sulfonamides is 1. The van der Waals surface area contributed by atoms with Crippen molar-refractivity contribution in [2.24, 2.45) is 17.3 Å². The van der Waals surface area contributed by atoms with Gasteiger partial charge < -0.3 is 4.90 Å². The SMILES string of the molecule is Cc1cc(N(C)C)ccc1S(=O)(=O)N1CCCC(CC2CCCCC2)CCCN(S(=O)(=O)N2CCCCC2)CC2(CC2)C1. The molecule has 0 N–H and O–H groups in total. The molecule has 8 nitrogen and oxygen atoms in total. The minimum absolute atomic E-state index is 0.311. The van der Waals surface area contributed by atoms with Crippen molar-refractivity contribution in [2.45, 2.75) is 108 Å². The Labute approximate surface area is 262 Å². The first-order chi connectivity index (χ1) is 20.5. The first-order valence-corrected chi connectivity index (χ1v) is 19.9. The van der Waals surface area contributed by atoms with Crippen molar-refractivity contribution in [3.05, 3.63) is 23.8 Å². The number of nitrogens with zero attached hydrogens (tertiary/aromatic N) is 4. The fraction of sp³-hybridized carbons (Fsp3) is 0.818. The molecule has 0 aromatic heterocycles. The van der Waals surface area contributed by atoms with Crippen molar-refractivity contribution >= 4 is 25.9 Å². The number of hydrogen-bond donors (Lipinski definition) is 0. The zero-order valence-corrected chi connectivity index (χ0v) is 28.6. The molecule has 43 heavy (non-hydrogen) atoms. The van der Waals surface area contributed by atoms with E-state index in [2.05, 4.69) is 0 Å². The highest BCUT2D eigenvalue weighted by atomic mass is 32.2. The molecular weight excluding hydrogens is 581 g/mol. The van der Waals surface area contributed by atoms with Crippen LogP contribution < -0.4 is 4.90 Å². The maximum absolute atomic E-state index is 14.3. The Hall–Kier alpha value is -1.20. The zero-order valence-electron chi connectivity index (χ0n) is 27.0. The van der Waals surface area contributed by atoms with Crippen LogP contribution in [0.4, 0.5) is 5.69 Å². The van der Waals surface area contributed by atoms with E-state index in [0.29, 0.717) is 50.1 Å². The van der Waals surface area contributed by atoms with Crippen LogP contribution in [0.25, 0.3) is 0 Å². The number of piperidine rings is 1.